The summed E-state index contributed by atoms with van der Waals surface area (Å²) in [6.45, 7) is 1.97. The van der Waals surface area contributed by atoms with Gasteiger partial charge in [0.25, 0.3) is 5.91 Å². The maximum atomic E-state index is 13.3. The van der Waals surface area contributed by atoms with Crippen molar-refractivity contribution in [2.24, 2.45) is 0 Å². The van der Waals surface area contributed by atoms with E-state index in [1.807, 2.05) is 13.0 Å². The van der Waals surface area contributed by atoms with E-state index in [-0.39, 0.29) is 23.1 Å². The molecule has 1 atom stereocenters. The minimum atomic E-state index is -0.604. The number of hydrogen-bond donors (Lipinski definition) is 1. The van der Waals surface area contributed by atoms with Crippen LogP contribution in [-0.2, 0) is 16.1 Å². The lowest BCUT2D eigenvalue weighted by atomic mass is 10.2. The number of amides is 2. The van der Waals surface area contributed by atoms with Crippen LogP contribution in [0.25, 0.3) is 0 Å². The van der Waals surface area contributed by atoms with Crippen molar-refractivity contribution in [2.45, 2.75) is 25.1 Å². The molecule has 2 aromatic rings. The second-order valence-electron chi connectivity index (χ2n) is 5.72. The number of furan rings is 1. The summed E-state index contributed by atoms with van der Waals surface area (Å²) in [7, 11) is 0. The molecule has 3 rings (SSSR count). The first-order chi connectivity index (χ1) is 13.0. The lowest BCUT2D eigenvalue weighted by Crippen LogP contribution is -2.31. The standard InChI is InChI=1S/C19H16FN3O3S/c1-2-16-18(25)23(13-7-5-12(20)6-8-13)19(27-16)15(10-21)17(24)22-11-14-4-3-9-26-14/h3-9,16H,2,11H2,1H3,(H,22,24)/b19-15-. The molecule has 0 aliphatic carbocycles. The van der Waals surface area contributed by atoms with E-state index in [1.54, 1.807) is 12.1 Å². The zero-order valence-electron chi connectivity index (χ0n) is 14.4. The van der Waals surface area contributed by atoms with Gasteiger partial charge in [-0.15, -0.1) is 0 Å². The molecule has 0 spiro atoms. The monoisotopic (exact) mass is 385 g/mol. The van der Waals surface area contributed by atoms with E-state index >= 15 is 0 Å². The molecular weight excluding hydrogens is 369 g/mol. The van der Waals surface area contributed by atoms with Gasteiger partial charge < -0.3 is 9.73 Å². The van der Waals surface area contributed by atoms with Gasteiger partial charge in [-0.1, -0.05) is 18.7 Å². The van der Waals surface area contributed by atoms with Crippen LogP contribution < -0.4 is 10.2 Å². The number of nitrogens with zero attached hydrogens (tertiary/aromatic N) is 2. The number of benzene rings is 1. The van der Waals surface area contributed by atoms with Crippen molar-refractivity contribution in [2.75, 3.05) is 4.90 Å². The number of nitrogens with one attached hydrogen (secondary N) is 1. The predicted molar refractivity (Wildman–Crippen MR) is 98.7 cm³/mol. The van der Waals surface area contributed by atoms with Crippen LogP contribution in [-0.4, -0.2) is 17.1 Å². The van der Waals surface area contributed by atoms with Crippen LogP contribution in [0.1, 0.15) is 19.1 Å². The number of halogens is 1. The molecule has 1 N–H and O–H groups in total. The number of rotatable bonds is 5. The largest absolute Gasteiger partial charge is 0.467 e. The quantitative estimate of drug-likeness (QED) is 0.630. The zero-order valence-corrected chi connectivity index (χ0v) is 15.3. The van der Waals surface area contributed by atoms with Gasteiger partial charge in [0.1, 0.15) is 28.2 Å². The summed E-state index contributed by atoms with van der Waals surface area (Å²) in [4.78, 5) is 26.6. The highest BCUT2D eigenvalue weighted by Crippen LogP contribution is 2.41. The average Bonchev–Trinajstić information content (AvgIpc) is 3.29. The smallest absolute Gasteiger partial charge is 0.265 e. The van der Waals surface area contributed by atoms with Gasteiger partial charge in [-0.25, -0.2) is 4.39 Å². The molecule has 0 radical (unpaired) electrons. The molecule has 27 heavy (non-hydrogen) atoms. The molecule has 2 heterocycles. The zero-order chi connectivity index (χ0) is 19.4. The van der Waals surface area contributed by atoms with Gasteiger partial charge in [-0.2, -0.15) is 5.26 Å². The lowest BCUT2D eigenvalue weighted by molar-refractivity contribution is -0.117. The van der Waals surface area contributed by atoms with E-state index in [1.165, 1.54) is 47.2 Å². The van der Waals surface area contributed by atoms with Crippen LogP contribution in [0.2, 0.25) is 0 Å². The minimum absolute atomic E-state index is 0.122. The van der Waals surface area contributed by atoms with Crippen molar-refractivity contribution in [1.29, 1.82) is 5.26 Å². The van der Waals surface area contributed by atoms with Crippen LogP contribution in [0.3, 0.4) is 0 Å². The van der Waals surface area contributed by atoms with Gasteiger partial charge in [0, 0.05) is 5.69 Å². The Balaban J connectivity index is 1.94. The molecular formula is C19H16FN3O3S. The molecule has 0 saturated carbocycles. The number of hydrogen-bond acceptors (Lipinski definition) is 5. The summed E-state index contributed by atoms with van der Waals surface area (Å²) in [6.07, 6.45) is 2.02. The van der Waals surface area contributed by atoms with E-state index < -0.39 is 17.0 Å². The first kappa shape index (κ1) is 18.7. The highest BCUT2D eigenvalue weighted by Gasteiger charge is 2.39. The average molecular weight is 385 g/mol. The number of carbonyl (C=O) groups excluding carboxylic acids is 2. The Morgan fingerprint density at radius 3 is 2.70 bits per heavy atom. The summed E-state index contributed by atoms with van der Waals surface area (Å²) >= 11 is 1.17. The fourth-order valence-electron chi connectivity index (χ4n) is 2.61. The molecule has 8 heteroatoms. The summed E-state index contributed by atoms with van der Waals surface area (Å²) < 4.78 is 18.4. The van der Waals surface area contributed by atoms with E-state index in [2.05, 4.69) is 5.32 Å². The maximum absolute atomic E-state index is 13.3. The Hall–Kier alpha value is -3.05. The van der Waals surface area contributed by atoms with Crippen LogP contribution in [0.4, 0.5) is 10.1 Å². The predicted octanol–water partition coefficient (Wildman–Crippen LogP) is 3.33. The summed E-state index contributed by atoms with van der Waals surface area (Å²) in [5.41, 5.74) is 0.242. The summed E-state index contributed by atoms with van der Waals surface area (Å²) in [6, 6.07) is 10.6. The Morgan fingerprint density at radius 1 is 1.37 bits per heavy atom. The fourth-order valence-corrected chi connectivity index (χ4v) is 3.81. The van der Waals surface area contributed by atoms with E-state index in [0.29, 0.717) is 17.9 Å². The Labute approximate surface area is 159 Å². The Bertz CT molecular complexity index is 917. The molecule has 0 bridgehead atoms. The van der Waals surface area contributed by atoms with Gasteiger partial charge in [-0.3, -0.25) is 14.5 Å². The molecule has 2 amide bonds. The van der Waals surface area contributed by atoms with Crippen molar-refractivity contribution in [1.82, 2.24) is 5.32 Å². The fraction of sp³-hybridized carbons (Fsp3) is 0.211. The lowest BCUT2D eigenvalue weighted by Gasteiger charge is -2.18. The Morgan fingerprint density at radius 2 is 2.11 bits per heavy atom. The van der Waals surface area contributed by atoms with E-state index in [9.17, 15) is 19.2 Å². The second-order valence-corrected chi connectivity index (χ2v) is 6.91. The van der Waals surface area contributed by atoms with Gasteiger partial charge in [0.2, 0.25) is 5.91 Å². The van der Waals surface area contributed by atoms with Crippen molar-refractivity contribution in [3.05, 3.63) is 64.8 Å². The van der Waals surface area contributed by atoms with Crippen molar-refractivity contribution in [3.8, 4) is 6.07 Å². The minimum Gasteiger partial charge on any atom is -0.467 e. The van der Waals surface area contributed by atoms with Crippen LogP contribution in [0, 0.1) is 17.1 Å². The van der Waals surface area contributed by atoms with E-state index in [0.717, 1.165) is 0 Å². The van der Waals surface area contributed by atoms with Crippen molar-refractivity contribution < 1.29 is 18.4 Å². The summed E-state index contributed by atoms with van der Waals surface area (Å²) in [5.74, 6) is -0.737. The van der Waals surface area contributed by atoms with Crippen LogP contribution in [0.15, 0.2) is 57.7 Å². The molecule has 1 aliphatic rings. The Kier molecular flexibility index (Phi) is 5.62. The molecule has 138 valence electrons. The number of nitriles is 1. The maximum Gasteiger partial charge on any atom is 0.265 e. The van der Waals surface area contributed by atoms with Crippen LogP contribution >= 0.6 is 11.8 Å². The summed E-state index contributed by atoms with van der Waals surface area (Å²) in [5, 5.41) is 12.0. The third-order valence-corrected chi connectivity index (χ3v) is 5.39. The van der Waals surface area contributed by atoms with E-state index in [4.69, 9.17) is 4.42 Å². The highest BCUT2D eigenvalue weighted by atomic mass is 32.2. The van der Waals surface area contributed by atoms with Gasteiger partial charge in [-0.05, 0) is 42.8 Å². The van der Waals surface area contributed by atoms with Gasteiger partial charge in [0.15, 0.2) is 0 Å². The number of carbonyl (C=O) groups is 2. The third-order valence-electron chi connectivity index (χ3n) is 3.96. The second kappa shape index (κ2) is 8.10. The molecule has 1 aromatic carbocycles. The van der Waals surface area contributed by atoms with Crippen molar-refractivity contribution in [3.63, 3.8) is 0 Å². The topological polar surface area (TPSA) is 86.3 Å². The number of anilines is 1. The van der Waals surface area contributed by atoms with Crippen molar-refractivity contribution >= 4 is 29.3 Å². The first-order valence-corrected chi connectivity index (χ1v) is 9.14. The normalized spacial score (nSPS) is 18.3. The SMILES string of the molecule is CCC1S/C(=C(/C#N)C(=O)NCc2ccco2)N(c2ccc(F)cc2)C1=O. The van der Waals surface area contributed by atoms with Gasteiger partial charge >= 0.3 is 0 Å². The molecule has 1 aliphatic heterocycles. The van der Waals surface area contributed by atoms with Crippen LogP contribution in [0.5, 0.6) is 0 Å². The van der Waals surface area contributed by atoms with Gasteiger partial charge in [0.05, 0.1) is 18.1 Å². The highest BCUT2D eigenvalue weighted by molar-refractivity contribution is 8.05. The number of thioether (sulfide) groups is 1. The molecule has 6 nitrogen and oxygen atoms in total. The first-order valence-electron chi connectivity index (χ1n) is 8.26. The molecule has 1 unspecified atom stereocenters. The molecule has 1 saturated heterocycles. The third kappa shape index (κ3) is 3.88. The molecule has 1 fully saturated rings. The molecule has 1 aromatic heterocycles.